The summed E-state index contributed by atoms with van der Waals surface area (Å²) >= 11 is 0. The monoisotopic (exact) mass is 341 g/mol. The van der Waals surface area contributed by atoms with Crippen molar-refractivity contribution in [2.24, 2.45) is 0 Å². The van der Waals surface area contributed by atoms with E-state index >= 15 is 0 Å². The lowest BCUT2D eigenvalue weighted by Gasteiger charge is -2.36. The van der Waals surface area contributed by atoms with Gasteiger partial charge in [0.1, 0.15) is 0 Å². The van der Waals surface area contributed by atoms with Crippen molar-refractivity contribution in [2.45, 2.75) is 64.3 Å². The molecule has 1 atom stereocenters. The van der Waals surface area contributed by atoms with Gasteiger partial charge in [-0.05, 0) is 37.7 Å². The quantitative estimate of drug-likeness (QED) is 0.772. The largest absolute Gasteiger partial charge is 0.339 e. The molecule has 1 aliphatic heterocycles. The predicted molar refractivity (Wildman–Crippen MR) is 96.1 cm³/mol. The Morgan fingerprint density at radius 1 is 1.28 bits per heavy atom. The molecule has 134 valence electrons. The average molecular weight is 341 g/mol. The van der Waals surface area contributed by atoms with Crippen LogP contribution in [0.1, 0.15) is 56.3 Å². The molecule has 1 amide bonds. The van der Waals surface area contributed by atoms with Gasteiger partial charge < -0.3 is 9.42 Å². The Hall–Kier alpha value is -2.17. The molecule has 0 saturated carbocycles. The van der Waals surface area contributed by atoms with E-state index in [4.69, 9.17) is 4.52 Å². The SMILES string of the molecule is CCc1noc(CCCC(=O)N2CCCCC2Cc2ccccc2)n1. The molecule has 5 heteroatoms. The van der Waals surface area contributed by atoms with E-state index in [1.807, 2.05) is 13.0 Å². The zero-order chi connectivity index (χ0) is 17.5. The minimum Gasteiger partial charge on any atom is -0.339 e. The summed E-state index contributed by atoms with van der Waals surface area (Å²) in [5.74, 6) is 1.64. The maximum absolute atomic E-state index is 12.7. The second-order valence-electron chi connectivity index (χ2n) is 6.74. The molecule has 1 unspecified atom stereocenters. The van der Waals surface area contributed by atoms with Gasteiger partial charge in [0.05, 0.1) is 0 Å². The van der Waals surface area contributed by atoms with E-state index < -0.39 is 0 Å². The number of piperidine rings is 1. The van der Waals surface area contributed by atoms with Crippen LogP contribution in [-0.2, 0) is 24.1 Å². The summed E-state index contributed by atoms with van der Waals surface area (Å²) in [7, 11) is 0. The smallest absolute Gasteiger partial charge is 0.226 e. The summed E-state index contributed by atoms with van der Waals surface area (Å²) in [6, 6.07) is 10.8. The first kappa shape index (κ1) is 17.6. The molecule has 2 aromatic rings. The molecule has 0 N–H and O–H groups in total. The van der Waals surface area contributed by atoms with Crippen LogP contribution in [0.5, 0.6) is 0 Å². The predicted octanol–water partition coefficient (Wildman–Crippen LogP) is 3.58. The van der Waals surface area contributed by atoms with Crippen molar-refractivity contribution in [1.29, 1.82) is 0 Å². The molecule has 1 aromatic carbocycles. The van der Waals surface area contributed by atoms with Crippen molar-refractivity contribution in [3.05, 3.63) is 47.6 Å². The molecule has 1 fully saturated rings. The lowest BCUT2D eigenvalue weighted by atomic mass is 9.95. The summed E-state index contributed by atoms with van der Waals surface area (Å²) in [5, 5.41) is 3.90. The minimum atomic E-state index is 0.260. The van der Waals surface area contributed by atoms with Crippen molar-refractivity contribution in [3.63, 3.8) is 0 Å². The first-order valence-corrected chi connectivity index (χ1v) is 9.41. The number of hydrogen-bond acceptors (Lipinski definition) is 4. The number of likely N-dealkylation sites (tertiary alicyclic amines) is 1. The highest BCUT2D eigenvalue weighted by Crippen LogP contribution is 2.22. The highest BCUT2D eigenvalue weighted by atomic mass is 16.5. The molecule has 3 rings (SSSR count). The number of hydrogen-bond donors (Lipinski definition) is 0. The Bertz CT molecular complexity index is 669. The third kappa shape index (κ3) is 4.91. The van der Waals surface area contributed by atoms with Gasteiger partial charge in [0.15, 0.2) is 5.82 Å². The molecular weight excluding hydrogens is 314 g/mol. The zero-order valence-electron chi connectivity index (χ0n) is 15.0. The van der Waals surface area contributed by atoms with E-state index in [1.54, 1.807) is 0 Å². The van der Waals surface area contributed by atoms with E-state index in [0.717, 1.165) is 44.5 Å². The van der Waals surface area contributed by atoms with Crippen molar-refractivity contribution in [1.82, 2.24) is 15.0 Å². The highest BCUT2D eigenvalue weighted by Gasteiger charge is 2.26. The Morgan fingerprint density at radius 3 is 2.88 bits per heavy atom. The molecule has 25 heavy (non-hydrogen) atoms. The van der Waals surface area contributed by atoms with Gasteiger partial charge in [0.25, 0.3) is 0 Å². The van der Waals surface area contributed by atoms with Gasteiger partial charge in [-0.2, -0.15) is 4.98 Å². The Morgan fingerprint density at radius 2 is 2.12 bits per heavy atom. The number of benzene rings is 1. The molecule has 5 nitrogen and oxygen atoms in total. The van der Waals surface area contributed by atoms with Gasteiger partial charge in [0, 0.05) is 31.8 Å². The molecular formula is C20H27N3O2. The Kier molecular flexibility index (Phi) is 6.20. The number of carbonyl (C=O) groups excluding carboxylic acids is 1. The standard InChI is InChI=1S/C20H27N3O2/c1-2-18-21-19(25-22-18)12-8-13-20(24)23-14-7-6-11-17(23)15-16-9-4-3-5-10-16/h3-5,9-10,17H,2,6-8,11-15H2,1H3. The maximum Gasteiger partial charge on any atom is 0.226 e. The average Bonchev–Trinajstić information content (AvgIpc) is 3.11. The first-order valence-electron chi connectivity index (χ1n) is 9.41. The molecule has 0 bridgehead atoms. The van der Waals surface area contributed by atoms with Crippen LogP contribution in [0.15, 0.2) is 34.9 Å². The first-order chi connectivity index (χ1) is 12.3. The lowest BCUT2D eigenvalue weighted by molar-refractivity contribution is -0.134. The minimum absolute atomic E-state index is 0.260. The lowest BCUT2D eigenvalue weighted by Crippen LogP contribution is -2.44. The number of aryl methyl sites for hydroxylation is 2. The fraction of sp³-hybridized carbons (Fsp3) is 0.550. The van der Waals surface area contributed by atoms with Gasteiger partial charge in [-0.1, -0.05) is 42.4 Å². The van der Waals surface area contributed by atoms with E-state index in [0.29, 0.717) is 24.8 Å². The van der Waals surface area contributed by atoms with Crippen molar-refractivity contribution in [2.75, 3.05) is 6.54 Å². The van der Waals surface area contributed by atoms with Crippen LogP contribution >= 0.6 is 0 Å². The summed E-state index contributed by atoms with van der Waals surface area (Å²) in [5.41, 5.74) is 1.31. The summed E-state index contributed by atoms with van der Waals surface area (Å²) < 4.78 is 5.20. The van der Waals surface area contributed by atoms with E-state index in [-0.39, 0.29) is 5.91 Å². The molecule has 0 radical (unpaired) electrons. The summed E-state index contributed by atoms with van der Waals surface area (Å²) in [6.07, 6.45) is 7.14. The third-order valence-corrected chi connectivity index (χ3v) is 4.87. The fourth-order valence-corrected chi connectivity index (χ4v) is 3.50. The van der Waals surface area contributed by atoms with Crippen LogP contribution in [0.4, 0.5) is 0 Å². The van der Waals surface area contributed by atoms with Gasteiger partial charge in [0.2, 0.25) is 11.8 Å². The third-order valence-electron chi connectivity index (χ3n) is 4.87. The Balaban J connectivity index is 1.51. The molecule has 0 aliphatic carbocycles. The zero-order valence-corrected chi connectivity index (χ0v) is 15.0. The van der Waals surface area contributed by atoms with Crippen LogP contribution in [0, 0.1) is 0 Å². The van der Waals surface area contributed by atoms with E-state index in [2.05, 4.69) is 39.3 Å². The number of amides is 1. The number of carbonyl (C=O) groups is 1. The molecule has 1 aromatic heterocycles. The van der Waals surface area contributed by atoms with Crippen molar-refractivity contribution >= 4 is 5.91 Å². The topological polar surface area (TPSA) is 59.2 Å². The maximum atomic E-state index is 12.7. The Labute approximate surface area is 149 Å². The fourth-order valence-electron chi connectivity index (χ4n) is 3.50. The molecule has 1 aliphatic rings. The van der Waals surface area contributed by atoms with Crippen LogP contribution in [0.3, 0.4) is 0 Å². The van der Waals surface area contributed by atoms with Crippen molar-refractivity contribution < 1.29 is 9.32 Å². The second kappa shape index (κ2) is 8.79. The summed E-state index contributed by atoms with van der Waals surface area (Å²) in [4.78, 5) is 19.1. The second-order valence-corrected chi connectivity index (χ2v) is 6.74. The molecule has 0 spiro atoms. The summed E-state index contributed by atoms with van der Waals surface area (Å²) in [6.45, 7) is 2.89. The van der Waals surface area contributed by atoms with Gasteiger partial charge in [-0.15, -0.1) is 0 Å². The van der Waals surface area contributed by atoms with E-state index in [9.17, 15) is 4.79 Å². The molecule has 2 heterocycles. The van der Waals surface area contributed by atoms with Crippen molar-refractivity contribution in [3.8, 4) is 0 Å². The normalized spacial score (nSPS) is 17.6. The van der Waals surface area contributed by atoms with Gasteiger partial charge in [-0.3, -0.25) is 4.79 Å². The molecule has 1 saturated heterocycles. The van der Waals surface area contributed by atoms with E-state index in [1.165, 1.54) is 12.0 Å². The van der Waals surface area contributed by atoms with Crippen LogP contribution in [0.25, 0.3) is 0 Å². The number of aromatic nitrogens is 2. The van der Waals surface area contributed by atoms with Crippen LogP contribution in [0.2, 0.25) is 0 Å². The van der Waals surface area contributed by atoms with Crippen LogP contribution in [-0.4, -0.2) is 33.5 Å². The van der Waals surface area contributed by atoms with Gasteiger partial charge in [-0.25, -0.2) is 0 Å². The van der Waals surface area contributed by atoms with Gasteiger partial charge >= 0.3 is 0 Å². The highest BCUT2D eigenvalue weighted by molar-refractivity contribution is 5.76. The number of rotatable bonds is 7. The van der Waals surface area contributed by atoms with Crippen LogP contribution < -0.4 is 0 Å². The number of nitrogens with zero attached hydrogens (tertiary/aromatic N) is 3.